The maximum absolute atomic E-state index is 10.8. The lowest BCUT2D eigenvalue weighted by Crippen LogP contribution is -2.37. The molecule has 4 heteroatoms. The van der Waals surface area contributed by atoms with Crippen LogP contribution in [0.15, 0.2) is 0 Å². The number of carbonyl (C=O) groups is 2. The first kappa shape index (κ1) is 12.9. The molecule has 0 heterocycles. The van der Waals surface area contributed by atoms with Gasteiger partial charge in [-0.2, -0.15) is 0 Å². The van der Waals surface area contributed by atoms with Crippen LogP contribution in [-0.4, -0.2) is 23.0 Å². The number of amides is 1. The van der Waals surface area contributed by atoms with Crippen molar-refractivity contribution in [1.82, 2.24) is 5.32 Å². The molecule has 0 aromatic heterocycles. The van der Waals surface area contributed by atoms with Crippen LogP contribution in [0.2, 0.25) is 0 Å². The van der Waals surface area contributed by atoms with Gasteiger partial charge in [0.1, 0.15) is 0 Å². The van der Waals surface area contributed by atoms with Crippen molar-refractivity contribution in [3.05, 3.63) is 0 Å². The molecule has 0 fully saturated rings. The Balaban J connectivity index is 4.24. The number of rotatable bonds is 4. The summed E-state index contributed by atoms with van der Waals surface area (Å²) in [4.78, 5) is 21.3. The van der Waals surface area contributed by atoms with Crippen LogP contribution in [0.4, 0.5) is 0 Å². The first-order chi connectivity index (χ1) is 6.20. The zero-order chi connectivity index (χ0) is 11.4. The van der Waals surface area contributed by atoms with Crippen molar-refractivity contribution in [3.63, 3.8) is 0 Å². The monoisotopic (exact) mass is 201 g/mol. The van der Waals surface area contributed by atoms with Crippen LogP contribution in [0, 0.1) is 5.41 Å². The van der Waals surface area contributed by atoms with Crippen LogP contribution in [0.1, 0.15) is 40.5 Å². The zero-order valence-corrected chi connectivity index (χ0v) is 9.26. The summed E-state index contributed by atoms with van der Waals surface area (Å²) in [5, 5.41) is 11.3. The van der Waals surface area contributed by atoms with Gasteiger partial charge in [0.15, 0.2) is 0 Å². The van der Waals surface area contributed by atoms with E-state index in [0.29, 0.717) is 6.42 Å². The highest BCUT2D eigenvalue weighted by atomic mass is 16.4. The van der Waals surface area contributed by atoms with Crippen molar-refractivity contribution in [2.75, 3.05) is 0 Å². The van der Waals surface area contributed by atoms with E-state index in [-0.39, 0.29) is 23.8 Å². The molecule has 0 rings (SSSR count). The predicted molar refractivity (Wildman–Crippen MR) is 53.9 cm³/mol. The Kier molecular flexibility index (Phi) is 4.60. The molecule has 0 aromatic carbocycles. The van der Waals surface area contributed by atoms with Crippen LogP contribution in [0.5, 0.6) is 0 Å². The second-order valence-electron chi connectivity index (χ2n) is 4.76. The fourth-order valence-corrected chi connectivity index (χ4v) is 1.41. The predicted octanol–water partition coefficient (Wildman–Crippen LogP) is 1.40. The van der Waals surface area contributed by atoms with E-state index < -0.39 is 5.97 Å². The fourth-order valence-electron chi connectivity index (χ4n) is 1.41. The summed E-state index contributed by atoms with van der Waals surface area (Å²) >= 11 is 0. The van der Waals surface area contributed by atoms with Crippen LogP contribution in [0.25, 0.3) is 0 Å². The molecule has 0 aliphatic rings. The van der Waals surface area contributed by atoms with Gasteiger partial charge in [0.05, 0.1) is 6.42 Å². The lowest BCUT2D eigenvalue weighted by atomic mass is 9.87. The first-order valence-electron chi connectivity index (χ1n) is 4.69. The Morgan fingerprint density at radius 2 is 1.86 bits per heavy atom. The molecule has 2 N–H and O–H groups in total. The molecule has 82 valence electrons. The summed E-state index contributed by atoms with van der Waals surface area (Å²) in [5.74, 6) is -1.06. The van der Waals surface area contributed by atoms with Gasteiger partial charge < -0.3 is 10.4 Å². The van der Waals surface area contributed by atoms with E-state index >= 15 is 0 Å². The third kappa shape index (κ3) is 7.58. The summed E-state index contributed by atoms with van der Waals surface area (Å²) in [6.07, 6.45) is 0.649. The van der Waals surface area contributed by atoms with Gasteiger partial charge in [-0.05, 0) is 11.8 Å². The fraction of sp³-hybridized carbons (Fsp3) is 0.800. The second kappa shape index (κ2) is 4.98. The number of carbonyl (C=O) groups excluding carboxylic acids is 1. The quantitative estimate of drug-likeness (QED) is 0.722. The molecular weight excluding hydrogens is 182 g/mol. The Bertz CT molecular complexity index is 202. The molecule has 0 radical (unpaired) electrons. The van der Waals surface area contributed by atoms with Crippen LogP contribution < -0.4 is 5.32 Å². The van der Waals surface area contributed by atoms with E-state index in [1.807, 2.05) is 20.8 Å². The second-order valence-corrected chi connectivity index (χ2v) is 4.76. The highest BCUT2D eigenvalue weighted by Crippen LogP contribution is 2.22. The van der Waals surface area contributed by atoms with Gasteiger partial charge in [-0.15, -0.1) is 0 Å². The van der Waals surface area contributed by atoms with Crippen LogP contribution in [0.3, 0.4) is 0 Å². The van der Waals surface area contributed by atoms with Gasteiger partial charge >= 0.3 is 5.97 Å². The van der Waals surface area contributed by atoms with Gasteiger partial charge in [0, 0.05) is 13.0 Å². The van der Waals surface area contributed by atoms with Gasteiger partial charge in [0.25, 0.3) is 0 Å². The van der Waals surface area contributed by atoms with Crippen molar-refractivity contribution < 1.29 is 14.7 Å². The third-order valence-electron chi connectivity index (χ3n) is 1.69. The maximum atomic E-state index is 10.8. The van der Waals surface area contributed by atoms with Gasteiger partial charge in [-0.1, -0.05) is 20.8 Å². The molecule has 0 aliphatic heterocycles. The highest BCUT2D eigenvalue weighted by Gasteiger charge is 2.21. The van der Waals surface area contributed by atoms with Gasteiger partial charge in [-0.3, -0.25) is 9.59 Å². The van der Waals surface area contributed by atoms with Crippen molar-refractivity contribution in [2.24, 2.45) is 5.41 Å². The first-order valence-corrected chi connectivity index (χ1v) is 4.69. The van der Waals surface area contributed by atoms with E-state index in [4.69, 9.17) is 5.11 Å². The van der Waals surface area contributed by atoms with Crippen LogP contribution >= 0.6 is 0 Å². The maximum Gasteiger partial charge on any atom is 0.305 e. The van der Waals surface area contributed by atoms with Crippen molar-refractivity contribution in [1.29, 1.82) is 0 Å². The third-order valence-corrected chi connectivity index (χ3v) is 1.69. The number of hydrogen-bond acceptors (Lipinski definition) is 2. The van der Waals surface area contributed by atoms with Crippen molar-refractivity contribution in [3.8, 4) is 0 Å². The summed E-state index contributed by atoms with van der Waals surface area (Å²) in [6, 6.07) is -0.273. The smallest absolute Gasteiger partial charge is 0.305 e. The molecule has 0 aromatic rings. The van der Waals surface area contributed by atoms with Crippen molar-refractivity contribution >= 4 is 11.9 Å². The number of carboxylic acid groups (broad SMARTS) is 1. The Hall–Kier alpha value is -1.06. The lowest BCUT2D eigenvalue weighted by molar-refractivity contribution is -0.137. The van der Waals surface area contributed by atoms with Crippen LogP contribution in [-0.2, 0) is 9.59 Å². The zero-order valence-electron chi connectivity index (χ0n) is 9.26. The largest absolute Gasteiger partial charge is 0.481 e. The summed E-state index contributed by atoms with van der Waals surface area (Å²) in [5.41, 5.74) is 0.0164. The molecule has 0 aliphatic carbocycles. The average molecular weight is 201 g/mol. The average Bonchev–Trinajstić information content (AvgIpc) is 1.77. The number of aliphatic carboxylic acids is 1. The highest BCUT2D eigenvalue weighted by molar-refractivity contribution is 5.74. The minimum Gasteiger partial charge on any atom is -0.481 e. The molecule has 0 unspecified atom stereocenters. The Morgan fingerprint density at radius 1 is 1.36 bits per heavy atom. The Morgan fingerprint density at radius 3 is 2.14 bits per heavy atom. The molecule has 0 saturated heterocycles. The molecule has 0 spiro atoms. The summed E-state index contributed by atoms with van der Waals surface area (Å²) in [6.45, 7) is 7.45. The summed E-state index contributed by atoms with van der Waals surface area (Å²) in [7, 11) is 0. The molecule has 0 bridgehead atoms. The standard InChI is InChI=1S/C10H19NO3/c1-7(12)11-8(5-9(13)14)6-10(2,3)4/h8H,5-6H2,1-4H3,(H,11,12)(H,13,14)/t8-/m0/s1. The van der Waals surface area contributed by atoms with Crippen molar-refractivity contribution in [2.45, 2.75) is 46.6 Å². The molecule has 14 heavy (non-hydrogen) atoms. The summed E-state index contributed by atoms with van der Waals surface area (Å²) < 4.78 is 0. The number of hydrogen-bond donors (Lipinski definition) is 2. The minimum atomic E-state index is -0.881. The van der Waals surface area contributed by atoms with E-state index in [2.05, 4.69) is 5.32 Å². The van der Waals surface area contributed by atoms with E-state index in [9.17, 15) is 9.59 Å². The molecular formula is C10H19NO3. The molecule has 1 atom stereocenters. The minimum absolute atomic E-state index is 0.0164. The SMILES string of the molecule is CC(=O)N[C@@H](CC(=O)O)CC(C)(C)C. The van der Waals surface area contributed by atoms with E-state index in [0.717, 1.165) is 0 Å². The molecule has 0 saturated carbocycles. The van der Waals surface area contributed by atoms with E-state index in [1.165, 1.54) is 6.92 Å². The molecule has 4 nitrogen and oxygen atoms in total. The van der Waals surface area contributed by atoms with E-state index in [1.54, 1.807) is 0 Å². The molecule has 1 amide bonds. The lowest BCUT2D eigenvalue weighted by Gasteiger charge is -2.25. The topological polar surface area (TPSA) is 66.4 Å². The van der Waals surface area contributed by atoms with Gasteiger partial charge in [0.2, 0.25) is 5.91 Å². The Labute approximate surface area is 84.7 Å². The number of nitrogens with one attached hydrogen (secondary N) is 1. The van der Waals surface area contributed by atoms with Gasteiger partial charge in [-0.25, -0.2) is 0 Å². The normalized spacial score (nSPS) is 13.4. The number of carboxylic acids is 1.